The standard InChI is InChI=1S/C19H28O4/c1-2-6-20-17(7-12-4-5-16-18(8-12)23-16)14(3-1)15(19-11-22-19)9-13-10-21-13/h12-13,15-16,18-19H,1-11H2. The molecular formula is C19H28O4. The molecule has 0 amide bonds. The quantitative estimate of drug-likeness (QED) is 0.705. The Bertz CT molecular complexity index is 480. The lowest BCUT2D eigenvalue weighted by atomic mass is 9.82. The minimum atomic E-state index is 0.424. The average Bonchev–Trinajstić information content (AvgIpc) is 3.39. The molecule has 0 aromatic heterocycles. The summed E-state index contributed by atoms with van der Waals surface area (Å²) in [6.07, 6.45) is 11.7. The Kier molecular flexibility index (Phi) is 3.88. The molecule has 6 unspecified atom stereocenters. The van der Waals surface area contributed by atoms with E-state index in [1.54, 1.807) is 5.57 Å². The Balaban J connectivity index is 1.34. The van der Waals surface area contributed by atoms with Crippen molar-refractivity contribution in [3.63, 3.8) is 0 Å². The fraction of sp³-hybridized carbons (Fsp3) is 0.895. The second-order valence-corrected chi connectivity index (χ2v) is 8.02. The van der Waals surface area contributed by atoms with Crippen LogP contribution in [0.4, 0.5) is 0 Å². The second-order valence-electron chi connectivity index (χ2n) is 8.02. The van der Waals surface area contributed by atoms with Gasteiger partial charge in [-0.25, -0.2) is 0 Å². The summed E-state index contributed by atoms with van der Waals surface area (Å²) in [4.78, 5) is 0. The van der Waals surface area contributed by atoms with Crippen molar-refractivity contribution in [1.29, 1.82) is 0 Å². The molecule has 0 spiro atoms. The summed E-state index contributed by atoms with van der Waals surface area (Å²) < 4.78 is 23.2. The van der Waals surface area contributed by atoms with Crippen molar-refractivity contribution in [2.45, 2.75) is 75.8 Å². The molecule has 3 saturated heterocycles. The molecule has 4 nitrogen and oxygen atoms in total. The molecular weight excluding hydrogens is 292 g/mol. The number of rotatable bonds is 6. The van der Waals surface area contributed by atoms with E-state index in [2.05, 4.69) is 0 Å². The summed E-state index contributed by atoms with van der Waals surface area (Å²) in [6.45, 7) is 2.76. The number of hydrogen-bond donors (Lipinski definition) is 0. The molecule has 0 bridgehead atoms. The summed E-state index contributed by atoms with van der Waals surface area (Å²) in [6, 6.07) is 0. The van der Waals surface area contributed by atoms with Crippen molar-refractivity contribution in [3.8, 4) is 0 Å². The SMILES string of the molecule is C1CCC(C(CC2CO2)C2CO2)=C(CC2CCC3OC3C2)OC1. The van der Waals surface area contributed by atoms with Gasteiger partial charge in [0.25, 0.3) is 0 Å². The molecule has 0 N–H and O–H groups in total. The van der Waals surface area contributed by atoms with Gasteiger partial charge in [-0.1, -0.05) is 0 Å². The maximum atomic E-state index is 6.27. The van der Waals surface area contributed by atoms with Crippen molar-refractivity contribution in [2.75, 3.05) is 19.8 Å². The van der Waals surface area contributed by atoms with Gasteiger partial charge in [0, 0.05) is 12.3 Å². The molecule has 6 atom stereocenters. The topological polar surface area (TPSA) is 46.8 Å². The molecule has 1 saturated carbocycles. The second kappa shape index (κ2) is 6.05. The average molecular weight is 320 g/mol. The van der Waals surface area contributed by atoms with E-state index < -0.39 is 0 Å². The molecule has 23 heavy (non-hydrogen) atoms. The Morgan fingerprint density at radius 2 is 1.96 bits per heavy atom. The third-order valence-corrected chi connectivity index (χ3v) is 6.24. The zero-order chi connectivity index (χ0) is 15.2. The zero-order valence-electron chi connectivity index (χ0n) is 13.9. The smallest absolute Gasteiger partial charge is 0.0958 e. The van der Waals surface area contributed by atoms with Gasteiger partial charge in [-0.3, -0.25) is 0 Å². The highest BCUT2D eigenvalue weighted by molar-refractivity contribution is 5.18. The van der Waals surface area contributed by atoms with Crippen molar-refractivity contribution >= 4 is 0 Å². The predicted octanol–water partition coefficient (Wildman–Crippen LogP) is 3.20. The van der Waals surface area contributed by atoms with Crippen LogP contribution in [0.2, 0.25) is 0 Å². The van der Waals surface area contributed by atoms with Crippen LogP contribution in [0.1, 0.15) is 51.4 Å². The first-order chi connectivity index (χ1) is 11.4. The van der Waals surface area contributed by atoms with Crippen molar-refractivity contribution in [1.82, 2.24) is 0 Å². The molecule has 4 heterocycles. The molecule has 0 radical (unpaired) electrons. The number of ether oxygens (including phenoxy) is 4. The molecule has 4 heteroatoms. The minimum absolute atomic E-state index is 0.424. The molecule has 4 aliphatic heterocycles. The predicted molar refractivity (Wildman–Crippen MR) is 85.0 cm³/mol. The van der Waals surface area contributed by atoms with Crippen LogP contribution in [0.15, 0.2) is 11.3 Å². The Hall–Kier alpha value is -0.580. The first-order valence-corrected chi connectivity index (χ1v) is 9.60. The fourth-order valence-corrected chi connectivity index (χ4v) is 4.66. The van der Waals surface area contributed by atoms with Gasteiger partial charge in [-0.15, -0.1) is 0 Å². The van der Waals surface area contributed by atoms with E-state index in [1.807, 2.05) is 0 Å². The van der Waals surface area contributed by atoms with E-state index in [9.17, 15) is 0 Å². The van der Waals surface area contributed by atoms with E-state index in [0.717, 1.165) is 38.6 Å². The van der Waals surface area contributed by atoms with Gasteiger partial charge in [0.15, 0.2) is 0 Å². The van der Waals surface area contributed by atoms with Gasteiger partial charge in [-0.05, 0) is 56.4 Å². The number of allylic oxidation sites excluding steroid dienone is 1. The van der Waals surface area contributed by atoms with Crippen LogP contribution in [0.25, 0.3) is 0 Å². The highest BCUT2D eigenvalue weighted by Gasteiger charge is 2.45. The lowest BCUT2D eigenvalue weighted by molar-refractivity contribution is 0.180. The van der Waals surface area contributed by atoms with Crippen molar-refractivity contribution in [3.05, 3.63) is 11.3 Å². The highest BCUT2D eigenvalue weighted by Crippen LogP contribution is 2.44. The molecule has 5 aliphatic rings. The number of fused-ring (bicyclic) bond motifs is 1. The van der Waals surface area contributed by atoms with Crippen LogP contribution in [-0.4, -0.2) is 44.2 Å². The summed E-state index contributed by atoms with van der Waals surface area (Å²) in [5.74, 6) is 2.59. The minimum Gasteiger partial charge on any atom is -0.498 e. The molecule has 0 aromatic carbocycles. The van der Waals surface area contributed by atoms with Crippen LogP contribution >= 0.6 is 0 Å². The normalized spacial score (nSPS) is 43.2. The van der Waals surface area contributed by atoms with Gasteiger partial charge in [0.2, 0.25) is 0 Å². The monoisotopic (exact) mass is 320 g/mol. The lowest BCUT2D eigenvalue weighted by Crippen LogP contribution is -2.19. The van der Waals surface area contributed by atoms with Gasteiger partial charge < -0.3 is 18.9 Å². The maximum Gasteiger partial charge on any atom is 0.0958 e. The Labute approximate surface area is 138 Å². The van der Waals surface area contributed by atoms with Gasteiger partial charge >= 0.3 is 0 Å². The van der Waals surface area contributed by atoms with Gasteiger partial charge in [0.1, 0.15) is 0 Å². The van der Waals surface area contributed by atoms with E-state index >= 15 is 0 Å². The van der Waals surface area contributed by atoms with Crippen LogP contribution in [0.3, 0.4) is 0 Å². The van der Waals surface area contributed by atoms with Crippen LogP contribution in [0.5, 0.6) is 0 Å². The maximum absolute atomic E-state index is 6.27. The molecule has 4 fully saturated rings. The Morgan fingerprint density at radius 3 is 2.74 bits per heavy atom. The molecule has 0 aromatic rings. The van der Waals surface area contributed by atoms with E-state index in [4.69, 9.17) is 18.9 Å². The largest absolute Gasteiger partial charge is 0.498 e. The van der Waals surface area contributed by atoms with Gasteiger partial charge in [0.05, 0.1) is 50.0 Å². The number of hydrogen-bond acceptors (Lipinski definition) is 4. The van der Waals surface area contributed by atoms with Gasteiger partial charge in [-0.2, -0.15) is 0 Å². The van der Waals surface area contributed by atoms with E-state index in [1.165, 1.54) is 44.3 Å². The summed E-state index contributed by atoms with van der Waals surface area (Å²) in [5, 5.41) is 0. The first kappa shape index (κ1) is 14.7. The zero-order valence-corrected chi connectivity index (χ0v) is 13.9. The summed E-state index contributed by atoms with van der Waals surface area (Å²) in [5.41, 5.74) is 1.57. The molecule has 1 aliphatic carbocycles. The van der Waals surface area contributed by atoms with E-state index in [0.29, 0.717) is 30.3 Å². The Morgan fingerprint density at radius 1 is 1.04 bits per heavy atom. The molecule has 128 valence electrons. The first-order valence-electron chi connectivity index (χ1n) is 9.60. The van der Waals surface area contributed by atoms with Crippen molar-refractivity contribution < 1.29 is 18.9 Å². The van der Waals surface area contributed by atoms with Crippen LogP contribution < -0.4 is 0 Å². The van der Waals surface area contributed by atoms with Crippen LogP contribution in [0, 0.1) is 11.8 Å². The fourth-order valence-electron chi connectivity index (χ4n) is 4.66. The van der Waals surface area contributed by atoms with Crippen molar-refractivity contribution in [2.24, 2.45) is 11.8 Å². The third-order valence-electron chi connectivity index (χ3n) is 6.24. The summed E-state index contributed by atoms with van der Waals surface area (Å²) >= 11 is 0. The summed E-state index contributed by atoms with van der Waals surface area (Å²) in [7, 11) is 0. The number of epoxide rings is 3. The molecule has 5 rings (SSSR count). The third kappa shape index (κ3) is 3.45. The van der Waals surface area contributed by atoms with Crippen LogP contribution in [-0.2, 0) is 18.9 Å². The lowest BCUT2D eigenvalue weighted by Gasteiger charge is -2.25. The van der Waals surface area contributed by atoms with E-state index in [-0.39, 0.29) is 0 Å². The highest BCUT2D eigenvalue weighted by atomic mass is 16.6.